The summed E-state index contributed by atoms with van der Waals surface area (Å²) in [7, 11) is 3.06. The summed E-state index contributed by atoms with van der Waals surface area (Å²) in [5, 5.41) is 0.921. The fraction of sp³-hybridized carbons (Fsp3) is 0.333. The third kappa shape index (κ3) is 9.49. The van der Waals surface area contributed by atoms with E-state index in [-0.39, 0.29) is 19.0 Å². The lowest BCUT2D eigenvalue weighted by Crippen LogP contribution is -2.20. The molecule has 2 rings (SSSR count). The molecule has 1 unspecified atom stereocenters. The predicted molar refractivity (Wildman–Crippen MR) is 129 cm³/mol. The molecule has 0 bridgehead atoms. The number of esters is 1. The molecule has 0 aliphatic heterocycles. The Labute approximate surface area is 194 Å². The number of hydrogen-bond acceptors (Lipinski definition) is 8. The highest BCUT2D eigenvalue weighted by molar-refractivity contribution is 8.76. The maximum atomic E-state index is 12.0. The predicted octanol–water partition coefficient (Wildman–Crippen LogP) is 5.86. The van der Waals surface area contributed by atoms with Crippen molar-refractivity contribution in [2.45, 2.75) is 29.7 Å². The van der Waals surface area contributed by atoms with Crippen molar-refractivity contribution in [2.24, 2.45) is 0 Å². The number of aromatic nitrogens is 1. The molecule has 0 N–H and O–H groups in total. The Morgan fingerprint density at radius 3 is 2.67 bits per heavy atom. The zero-order valence-corrected chi connectivity index (χ0v) is 19.7. The Morgan fingerprint density at radius 2 is 1.97 bits per heavy atom. The normalized spacial score (nSPS) is 12.5. The Bertz CT molecular complexity index is 846. The van der Waals surface area contributed by atoms with E-state index in [0.29, 0.717) is 23.2 Å². The topological polar surface area (TPSA) is 52.8 Å². The van der Waals surface area contributed by atoms with Crippen molar-refractivity contribution in [1.29, 1.82) is 0 Å². The van der Waals surface area contributed by atoms with Gasteiger partial charge in [0, 0.05) is 19.5 Å². The molecule has 0 fully saturated rings. The number of thioether (sulfide) groups is 1. The highest BCUT2D eigenvalue weighted by Gasteiger charge is 2.34. The molecule has 0 saturated carbocycles. The zero-order chi connectivity index (χ0) is 21.7. The minimum Gasteiger partial charge on any atom is -0.463 e. The Balaban J connectivity index is 1.59. The third-order valence-electron chi connectivity index (χ3n) is 3.76. The van der Waals surface area contributed by atoms with Crippen LogP contribution in [0.15, 0.2) is 59.8 Å². The molecule has 0 spiro atoms. The SMILES string of the molecule is [C-]#[N+]C(C)(CCC(=O)OCCOCSSc1ccccn1)SC(=S)c1ccccc1. The molecule has 1 atom stereocenters. The Morgan fingerprint density at radius 1 is 1.20 bits per heavy atom. The molecule has 0 aliphatic rings. The molecule has 0 radical (unpaired) electrons. The molecule has 0 saturated heterocycles. The van der Waals surface area contributed by atoms with Gasteiger partial charge in [-0.25, -0.2) is 11.6 Å². The average Bonchev–Trinajstić information content (AvgIpc) is 2.78. The lowest BCUT2D eigenvalue weighted by Gasteiger charge is -2.16. The number of carbonyl (C=O) groups is 1. The van der Waals surface area contributed by atoms with E-state index in [1.807, 2.05) is 48.5 Å². The fourth-order valence-corrected chi connectivity index (χ4v) is 5.33. The first kappa shape index (κ1) is 24.7. The van der Waals surface area contributed by atoms with Crippen LogP contribution in [-0.4, -0.2) is 39.2 Å². The van der Waals surface area contributed by atoms with Gasteiger partial charge in [-0.2, -0.15) is 0 Å². The van der Waals surface area contributed by atoms with Gasteiger partial charge in [-0.15, -0.1) is 0 Å². The molecule has 158 valence electrons. The quantitative estimate of drug-likeness (QED) is 0.0938. The molecule has 0 aliphatic carbocycles. The van der Waals surface area contributed by atoms with Crippen molar-refractivity contribution in [3.05, 3.63) is 71.7 Å². The highest BCUT2D eigenvalue weighted by Crippen LogP contribution is 2.35. The van der Waals surface area contributed by atoms with Gasteiger partial charge in [-0.1, -0.05) is 59.4 Å². The molecule has 1 aromatic carbocycles. The maximum Gasteiger partial charge on any atom is 0.306 e. The molecule has 1 aromatic heterocycles. The minimum absolute atomic E-state index is 0.160. The van der Waals surface area contributed by atoms with Crippen molar-refractivity contribution in [2.75, 3.05) is 19.2 Å². The standard InChI is InChI=1S/C21H22N2O3S4/c1-21(22-2,29-20(27)17-8-4-3-5-9-17)12-11-19(24)26-15-14-25-16-28-30-18-10-6-7-13-23-18/h3-10,13H,11-12,14-16H2,1H3. The summed E-state index contributed by atoms with van der Waals surface area (Å²) in [6, 6.07) is 15.3. The summed E-state index contributed by atoms with van der Waals surface area (Å²) in [6.45, 7) is 9.83. The molecule has 2 aromatic rings. The van der Waals surface area contributed by atoms with E-state index in [2.05, 4.69) is 9.83 Å². The monoisotopic (exact) mass is 478 g/mol. The minimum atomic E-state index is -0.804. The first-order chi connectivity index (χ1) is 14.5. The molecule has 5 nitrogen and oxygen atoms in total. The number of rotatable bonds is 12. The summed E-state index contributed by atoms with van der Waals surface area (Å²) in [5.41, 5.74) is 0.908. The van der Waals surface area contributed by atoms with Crippen LogP contribution in [0.4, 0.5) is 0 Å². The van der Waals surface area contributed by atoms with Crippen LogP contribution in [0.2, 0.25) is 0 Å². The molecular formula is C21H22N2O3S4. The molecular weight excluding hydrogens is 457 g/mol. The number of thiocarbonyl (C=S) groups is 1. The number of carbonyl (C=O) groups excluding carboxylic acids is 1. The van der Waals surface area contributed by atoms with Crippen LogP contribution in [0.25, 0.3) is 4.85 Å². The van der Waals surface area contributed by atoms with Crippen molar-refractivity contribution < 1.29 is 14.3 Å². The number of pyridine rings is 1. The smallest absolute Gasteiger partial charge is 0.306 e. The van der Waals surface area contributed by atoms with E-state index in [9.17, 15) is 4.79 Å². The summed E-state index contributed by atoms with van der Waals surface area (Å²) in [4.78, 5) is 19.1. The molecule has 9 heteroatoms. The first-order valence-corrected chi connectivity index (χ1v) is 12.7. The number of nitrogens with zero attached hydrogens (tertiary/aromatic N) is 2. The van der Waals surface area contributed by atoms with Gasteiger partial charge in [0.25, 0.3) is 4.87 Å². The van der Waals surface area contributed by atoms with E-state index in [1.54, 1.807) is 13.1 Å². The second-order valence-corrected chi connectivity index (χ2v) is 10.6. The molecule has 1 heterocycles. The second-order valence-electron chi connectivity index (χ2n) is 6.16. The van der Waals surface area contributed by atoms with Gasteiger partial charge in [0.2, 0.25) is 0 Å². The van der Waals surface area contributed by atoms with E-state index < -0.39 is 4.87 Å². The summed E-state index contributed by atoms with van der Waals surface area (Å²) < 4.78 is 11.3. The van der Waals surface area contributed by atoms with Crippen molar-refractivity contribution in [3.8, 4) is 0 Å². The summed E-state index contributed by atoms with van der Waals surface area (Å²) in [6.07, 6.45) is 2.27. The molecule has 0 amide bonds. The lowest BCUT2D eigenvalue weighted by molar-refractivity contribution is -0.145. The van der Waals surface area contributed by atoms with Gasteiger partial charge in [0.05, 0.1) is 17.2 Å². The number of benzene rings is 1. The van der Waals surface area contributed by atoms with Crippen LogP contribution >= 0.6 is 45.6 Å². The van der Waals surface area contributed by atoms with Crippen LogP contribution in [0.3, 0.4) is 0 Å². The van der Waals surface area contributed by atoms with Gasteiger partial charge in [0.15, 0.2) is 0 Å². The van der Waals surface area contributed by atoms with E-state index in [0.717, 1.165) is 10.6 Å². The number of hydrogen-bond donors (Lipinski definition) is 0. The Hall–Kier alpha value is -1.57. The van der Waals surface area contributed by atoms with Crippen LogP contribution in [0.1, 0.15) is 25.3 Å². The van der Waals surface area contributed by atoms with Crippen LogP contribution < -0.4 is 0 Å². The van der Waals surface area contributed by atoms with E-state index in [4.69, 9.17) is 28.3 Å². The van der Waals surface area contributed by atoms with Crippen LogP contribution in [-0.2, 0) is 14.3 Å². The molecule has 30 heavy (non-hydrogen) atoms. The van der Waals surface area contributed by atoms with E-state index >= 15 is 0 Å². The lowest BCUT2D eigenvalue weighted by atomic mass is 10.2. The highest BCUT2D eigenvalue weighted by atomic mass is 33.1. The van der Waals surface area contributed by atoms with Crippen LogP contribution in [0.5, 0.6) is 0 Å². The van der Waals surface area contributed by atoms with Crippen molar-refractivity contribution in [3.63, 3.8) is 0 Å². The average molecular weight is 479 g/mol. The van der Waals surface area contributed by atoms with Crippen LogP contribution in [0, 0.1) is 6.57 Å². The largest absolute Gasteiger partial charge is 0.463 e. The van der Waals surface area contributed by atoms with Gasteiger partial charge in [-0.3, -0.25) is 9.64 Å². The number of ether oxygens (including phenoxy) is 2. The van der Waals surface area contributed by atoms with Gasteiger partial charge >= 0.3 is 5.97 Å². The van der Waals surface area contributed by atoms with Crippen molar-refractivity contribution in [1.82, 2.24) is 4.98 Å². The zero-order valence-electron chi connectivity index (χ0n) is 16.5. The fourth-order valence-electron chi connectivity index (χ4n) is 2.16. The van der Waals surface area contributed by atoms with Gasteiger partial charge < -0.3 is 9.47 Å². The van der Waals surface area contributed by atoms with Crippen molar-refractivity contribution >= 4 is 55.7 Å². The Kier molecular flexibility index (Phi) is 11.3. The summed E-state index contributed by atoms with van der Waals surface area (Å²) >= 11 is 6.76. The van der Waals surface area contributed by atoms with Gasteiger partial charge in [0.1, 0.15) is 17.6 Å². The second kappa shape index (κ2) is 13.7. The summed E-state index contributed by atoms with van der Waals surface area (Å²) in [5.74, 6) is 0.137. The van der Waals surface area contributed by atoms with Gasteiger partial charge in [-0.05, 0) is 40.3 Å². The third-order valence-corrected chi connectivity index (χ3v) is 7.35. The first-order valence-electron chi connectivity index (χ1n) is 9.13. The maximum absolute atomic E-state index is 12.0. The van der Waals surface area contributed by atoms with E-state index in [1.165, 1.54) is 33.3 Å².